The molecule has 1 N–H and O–H groups in total. The van der Waals surface area contributed by atoms with Gasteiger partial charge < -0.3 is 15.1 Å². The summed E-state index contributed by atoms with van der Waals surface area (Å²) in [4.78, 5) is 29.0. The Morgan fingerprint density at radius 1 is 1.08 bits per heavy atom. The lowest BCUT2D eigenvalue weighted by Crippen LogP contribution is -2.49. The first-order valence-electron chi connectivity index (χ1n) is 8.88. The maximum atomic E-state index is 12.8. The summed E-state index contributed by atoms with van der Waals surface area (Å²) in [6.45, 7) is 1.98. The minimum Gasteiger partial charge on any atom is -0.345 e. The summed E-state index contributed by atoms with van der Waals surface area (Å²) in [5.41, 5.74) is 0.444. The molecule has 5 heteroatoms. The van der Waals surface area contributed by atoms with Crippen molar-refractivity contribution in [3.8, 4) is 0 Å². The Hall–Kier alpha value is -2.56. The highest BCUT2D eigenvalue weighted by atomic mass is 16.2. The SMILES string of the molecule is CN1CCC[C@@]2(CCN(C(=O)Nc3cccc4ccccc34)C2)C1=O. The molecule has 130 valence electrons. The van der Waals surface area contributed by atoms with Crippen LogP contribution in [0.25, 0.3) is 10.8 Å². The second-order valence-electron chi connectivity index (χ2n) is 7.24. The average molecular weight is 337 g/mol. The van der Waals surface area contributed by atoms with E-state index in [9.17, 15) is 9.59 Å². The monoisotopic (exact) mass is 337 g/mol. The Morgan fingerprint density at radius 3 is 2.76 bits per heavy atom. The van der Waals surface area contributed by atoms with Crippen molar-refractivity contribution in [2.24, 2.45) is 5.41 Å². The van der Waals surface area contributed by atoms with E-state index < -0.39 is 0 Å². The van der Waals surface area contributed by atoms with Crippen molar-refractivity contribution >= 4 is 28.4 Å². The molecule has 25 heavy (non-hydrogen) atoms. The number of benzene rings is 2. The molecule has 0 saturated carbocycles. The Labute approximate surface area is 147 Å². The maximum Gasteiger partial charge on any atom is 0.321 e. The minimum atomic E-state index is -0.372. The number of carbonyl (C=O) groups excluding carboxylic acids is 2. The van der Waals surface area contributed by atoms with Crippen LogP contribution in [0.5, 0.6) is 0 Å². The van der Waals surface area contributed by atoms with Crippen LogP contribution < -0.4 is 5.32 Å². The molecule has 0 aromatic heterocycles. The van der Waals surface area contributed by atoms with E-state index in [0.29, 0.717) is 13.1 Å². The fraction of sp³-hybridized carbons (Fsp3) is 0.400. The first-order chi connectivity index (χ1) is 12.1. The predicted molar refractivity (Wildman–Crippen MR) is 98.5 cm³/mol. The molecule has 1 spiro atoms. The van der Waals surface area contributed by atoms with Crippen molar-refractivity contribution < 1.29 is 9.59 Å². The van der Waals surface area contributed by atoms with Gasteiger partial charge in [0.15, 0.2) is 0 Å². The quantitative estimate of drug-likeness (QED) is 0.868. The van der Waals surface area contributed by atoms with Crippen molar-refractivity contribution in [2.45, 2.75) is 19.3 Å². The van der Waals surface area contributed by atoms with Gasteiger partial charge in [-0.05, 0) is 30.7 Å². The number of hydrogen-bond acceptors (Lipinski definition) is 2. The van der Waals surface area contributed by atoms with Gasteiger partial charge in [-0.2, -0.15) is 0 Å². The third-order valence-corrected chi connectivity index (χ3v) is 5.62. The van der Waals surface area contributed by atoms with Crippen LogP contribution in [0.15, 0.2) is 42.5 Å². The summed E-state index contributed by atoms with van der Waals surface area (Å²) in [6, 6.07) is 13.8. The average Bonchev–Trinajstić information content (AvgIpc) is 3.05. The zero-order valence-electron chi connectivity index (χ0n) is 14.5. The highest BCUT2D eigenvalue weighted by Crippen LogP contribution is 2.39. The summed E-state index contributed by atoms with van der Waals surface area (Å²) < 4.78 is 0. The summed E-state index contributed by atoms with van der Waals surface area (Å²) in [7, 11) is 1.86. The van der Waals surface area contributed by atoms with Gasteiger partial charge in [0.1, 0.15) is 0 Å². The van der Waals surface area contributed by atoms with E-state index in [0.717, 1.165) is 42.3 Å². The maximum absolute atomic E-state index is 12.8. The highest BCUT2D eigenvalue weighted by Gasteiger charge is 2.48. The lowest BCUT2D eigenvalue weighted by atomic mass is 9.78. The molecule has 3 amide bonds. The molecule has 0 aliphatic carbocycles. The van der Waals surface area contributed by atoms with E-state index in [2.05, 4.69) is 5.32 Å². The van der Waals surface area contributed by atoms with Crippen molar-refractivity contribution in [3.63, 3.8) is 0 Å². The molecule has 2 aliphatic heterocycles. The van der Waals surface area contributed by atoms with Crippen LogP contribution in [0.4, 0.5) is 10.5 Å². The Bertz CT molecular complexity index is 829. The molecule has 0 radical (unpaired) electrons. The van der Waals surface area contributed by atoms with Crippen LogP contribution in [0.3, 0.4) is 0 Å². The molecule has 2 fully saturated rings. The van der Waals surface area contributed by atoms with Crippen molar-refractivity contribution in [3.05, 3.63) is 42.5 Å². The molecule has 2 aromatic carbocycles. The molecule has 2 aliphatic rings. The molecule has 0 bridgehead atoms. The largest absolute Gasteiger partial charge is 0.345 e. The molecule has 1 atom stereocenters. The van der Waals surface area contributed by atoms with Gasteiger partial charge in [0.25, 0.3) is 0 Å². The number of urea groups is 1. The highest BCUT2D eigenvalue weighted by molar-refractivity contribution is 6.01. The van der Waals surface area contributed by atoms with Gasteiger partial charge in [0.05, 0.1) is 11.1 Å². The van der Waals surface area contributed by atoms with Gasteiger partial charge in [-0.1, -0.05) is 36.4 Å². The van der Waals surface area contributed by atoms with Gasteiger partial charge in [-0.25, -0.2) is 4.79 Å². The zero-order chi connectivity index (χ0) is 17.4. The molecule has 4 rings (SSSR count). The number of nitrogens with one attached hydrogen (secondary N) is 1. The topological polar surface area (TPSA) is 52.6 Å². The van der Waals surface area contributed by atoms with Crippen LogP contribution >= 0.6 is 0 Å². The molecular weight excluding hydrogens is 314 g/mol. The zero-order valence-corrected chi connectivity index (χ0v) is 14.5. The Kier molecular flexibility index (Phi) is 3.86. The smallest absolute Gasteiger partial charge is 0.321 e. The van der Waals surface area contributed by atoms with E-state index in [1.165, 1.54) is 0 Å². The minimum absolute atomic E-state index is 0.116. The third-order valence-electron chi connectivity index (χ3n) is 5.62. The number of anilines is 1. The Balaban J connectivity index is 1.51. The van der Waals surface area contributed by atoms with E-state index in [-0.39, 0.29) is 17.4 Å². The summed E-state index contributed by atoms with van der Waals surface area (Å²) in [6.07, 6.45) is 2.66. The lowest BCUT2D eigenvalue weighted by molar-refractivity contribution is -0.143. The van der Waals surface area contributed by atoms with Gasteiger partial charge in [-0.15, -0.1) is 0 Å². The number of piperidine rings is 1. The number of rotatable bonds is 1. The van der Waals surface area contributed by atoms with Gasteiger partial charge in [0, 0.05) is 32.1 Å². The van der Waals surface area contributed by atoms with Gasteiger partial charge >= 0.3 is 6.03 Å². The van der Waals surface area contributed by atoms with Crippen molar-refractivity contribution in [1.82, 2.24) is 9.80 Å². The van der Waals surface area contributed by atoms with E-state index in [1.54, 1.807) is 4.90 Å². The molecule has 2 saturated heterocycles. The number of nitrogens with zero attached hydrogens (tertiary/aromatic N) is 2. The van der Waals surface area contributed by atoms with Crippen LogP contribution in [-0.2, 0) is 4.79 Å². The second-order valence-corrected chi connectivity index (χ2v) is 7.24. The fourth-order valence-corrected chi connectivity index (χ4v) is 4.22. The number of carbonyl (C=O) groups is 2. The van der Waals surface area contributed by atoms with Gasteiger partial charge in [0.2, 0.25) is 5.91 Å². The standard InChI is InChI=1S/C20H23N3O2/c1-22-12-5-10-20(18(22)24)11-13-23(14-20)19(25)21-17-9-4-7-15-6-2-3-8-16(15)17/h2-4,6-9H,5,10-14H2,1H3,(H,21,25)/t20-/m0/s1. The summed E-state index contributed by atoms with van der Waals surface area (Å²) >= 11 is 0. The molecule has 5 nitrogen and oxygen atoms in total. The van der Waals surface area contributed by atoms with Gasteiger partial charge in [-0.3, -0.25) is 4.79 Å². The fourth-order valence-electron chi connectivity index (χ4n) is 4.22. The second kappa shape index (κ2) is 6.06. The van der Waals surface area contributed by atoms with E-state index >= 15 is 0 Å². The van der Waals surface area contributed by atoms with Crippen LogP contribution in [0.2, 0.25) is 0 Å². The third kappa shape index (κ3) is 2.73. The first kappa shape index (κ1) is 15.9. The van der Waals surface area contributed by atoms with E-state index in [4.69, 9.17) is 0 Å². The summed E-state index contributed by atoms with van der Waals surface area (Å²) in [5.74, 6) is 0.194. The normalized spacial score (nSPS) is 23.5. The van der Waals surface area contributed by atoms with Crippen LogP contribution in [-0.4, -0.2) is 48.4 Å². The van der Waals surface area contributed by atoms with E-state index in [1.807, 2.05) is 54.4 Å². The molecule has 2 heterocycles. The van der Waals surface area contributed by atoms with Crippen LogP contribution in [0, 0.1) is 5.41 Å². The van der Waals surface area contributed by atoms with Crippen molar-refractivity contribution in [2.75, 3.05) is 32.0 Å². The number of amides is 3. The van der Waals surface area contributed by atoms with Crippen molar-refractivity contribution in [1.29, 1.82) is 0 Å². The number of fused-ring (bicyclic) bond motifs is 1. The predicted octanol–water partition coefficient (Wildman–Crippen LogP) is 3.32. The number of likely N-dealkylation sites (tertiary alicyclic amines) is 2. The molecular formula is C20H23N3O2. The number of hydrogen-bond donors (Lipinski definition) is 1. The molecule has 0 unspecified atom stereocenters. The first-order valence-corrected chi connectivity index (χ1v) is 8.88. The summed E-state index contributed by atoms with van der Waals surface area (Å²) in [5, 5.41) is 5.16. The lowest BCUT2D eigenvalue weighted by Gasteiger charge is -2.37. The Morgan fingerprint density at radius 2 is 1.88 bits per heavy atom. The molecule has 2 aromatic rings. The van der Waals surface area contributed by atoms with Crippen LogP contribution in [0.1, 0.15) is 19.3 Å².